The van der Waals surface area contributed by atoms with Crippen LogP contribution in [0.3, 0.4) is 0 Å². The Kier molecular flexibility index (Phi) is 6.54. The van der Waals surface area contributed by atoms with Crippen molar-refractivity contribution in [2.45, 2.75) is 46.1 Å². The van der Waals surface area contributed by atoms with E-state index in [1.54, 1.807) is 7.11 Å². The van der Waals surface area contributed by atoms with Gasteiger partial charge < -0.3 is 9.64 Å². The van der Waals surface area contributed by atoms with Crippen molar-refractivity contribution >= 4 is 38.0 Å². The van der Waals surface area contributed by atoms with Crippen LogP contribution in [-0.2, 0) is 11.3 Å². The Hall–Kier alpha value is -2.58. The highest BCUT2D eigenvalue weighted by atomic mass is 16.5. The second-order valence-electron chi connectivity index (χ2n) is 8.27. The summed E-state index contributed by atoms with van der Waals surface area (Å²) in [5.74, 6) is 0. The summed E-state index contributed by atoms with van der Waals surface area (Å²) < 4.78 is 5.41. The first-order valence-corrected chi connectivity index (χ1v) is 11.4. The average molecular weight is 400 g/mol. The molecule has 0 aliphatic rings. The zero-order chi connectivity index (χ0) is 20.9. The summed E-state index contributed by atoms with van der Waals surface area (Å²) in [7, 11) is 1.76. The third kappa shape index (κ3) is 4.02. The van der Waals surface area contributed by atoms with Crippen LogP contribution in [0.4, 0.5) is 5.69 Å². The van der Waals surface area contributed by atoms with Crippen LogP contribution in [0.25, 0.3) is 32.3 Å². The molecule has 0 spiro atoms. The van der Waals surface area contributed by atoms with E-state index in [0.717, 1.165) is 13.1 Å². The average Bonchev–Trinajstić information content (AvgIpc) is 2.78. The molecule has 0 aliphatic heterocycles. The van der Waals surface area contributed by atoms with Crippen molar-refractivity contribution in [1.82, 2.24) is 0 Å². The molecule has 0 N–H and O–H groups in total. The number of fused-ring (bicyclic) bond motifs is 5. The topological polar surface area (TPSA) is 12.5 Å². The lowest BCUT2D eigenvalue weighted by atomic mass is 9.95. The molecule has 0 bridgehead atoms. The van der Waals surface area contributed by atoms with Crippen LogP contribution >= 0.6 is 0 Å². The zero-order valence-corrected chi connectivity index (χ0v) is 18.6. The van der Waals surface area contributed by atoms with Crippen molar-refractivity contribution in [2.75, 3.05) is 25.1 Å². The van der Waals surface area contributed by atoms with Gasteiger partial charge in [0.25, 0.3) is 0 Å². The van der Waals surface area contributed by atoms with Crippen molar-refractivity contribution in [1.29, 1.82) is 0 Å². The molecular formula is C28H33NO. The van der Waals surface area contributed by atoms with Gasteiger partial charge in [0.2, 0.25) is 0 Å². The van der Waals surface area contributed by atoms with Gasteiger partial charge in [-0.1, -0.05) is 75.2 Å². The van der Waals surface area contributed by atoms with Crippen LogP contribution in [0.2, 0.25) is 0 Å². The lowest BCUT2D eigenvalue weighted by Crippen LogP contribution is -2.25. The van der Waals surface area contributed by atoms with Crippen molar-refractivity contribution in [3.8, 4) is 0 Å². The van der Waals surface area contributed by atoms with Gasteiger partial charge in [0, 0.05) is 25.9 Å². The first-order valence-electron chi connectivity index (χ1n) is 11.4. The molecule has 0 saturated heterocycles. The number of benzene rings is 4. The van der Waals surface area contributed by atoms with Crippen LogP contribution in [-0.4, -0.2) is 20.2 Å². The first-order chi connectivity index (χ1) is 14.8. The molecule has 0 atom stereocenters. The lowest BCUT2D eigenvalue weighted by Gasteiger charge is -2.25. The van der Waals surface area contributed by atoms with E-state index < -0.39 is 0 Å². The maximum atomic E-state index is 5.41. The molecule has 2 nitrogen and oxygen atoms in total. The Bertz CT molecular complexity index is 1140. The fourth-order valence-corrected chi connectivity index (χ4v) is 4.51. The van der Waals surface area contributed by atoms with E-state index in [4.69, 9.17) is 4.74 Å². The number of anilines is 1. The van der Waals surface area contributed by atoms with E-state index in [9.17, 15) is 0 Å². The third-order valence-electron chi connectivity index (χ3n) is 6.18. The largest absolute Gasteiger partial charge is 0.380 e. The first kappa shape index (κ1) is 20.7. The zero-order valence-electron chi connectivity index (χ0n) is 18.6. The fourth-order valence-electron chi connectivity index (χ4n) is 4.51. The summed E-state index contributed by atoms with van der Waals surface area (Å²) in [6.07, 6.45) is 4.96. The Morgan fingerprint density at radius 1 is 0.700 bits per heavy atom. The molecule has 2 heteroatoms. The van der Waals surface area contributed by atoms with Crippen LogP contribution in [0, 0.1) is 0 Å². The highest BCUT2D eigenvalue weighted by Gasteiger charge is 2.10. The summed E-state index contributed by atoms with van der Waals surface area (Å²) in [6.45, 7) is 7.47. The van der Waals surface area contributed by atoms with Gasteiger partial charge in [-0.25, -0.2) is 0 Å². The standard InChI is InChI=1S/C28H33NO/c1-4-6-17-29(18-7-5-2)23-12-14-24-21(19-23)11-13-28-26-10-8-9-22(20-30-3)25(26)15-16-27(24)28/h8-16,19H,4-7,17-18,20H2,1-3H3. The number of unbranched alkanes of at least 4 members (excludes halogenated alkanes) is 2. The summed E-state index contributed by atoms with van der Waals surface area (Å²) in [6, 6.07) is 22.7. The van der Waals surface area contributed by atoms with Gasteiger partial charge in [-0.2, -0.15) is 0 Å². The maximum Gasteiger partial charge on any atom is 0.0719 e. The molecule has 0 heterocycles. The van der Waals surface area contributed by atoms with E-state index in [2.05, 4.69) is 79.4 Å². The molecule has 156 valence electrons. The molecule has 4 aromatic carbocycles. The molecule has 0 fully saturated rings. The normalized spacial score (nSPS) is 11.6. The molecule has 4 rings (SSSR count). The molecule has 0 aliphatic carbocycles. The Labute approximate surface area is 180 Å². The number of hydrogen-bond donors (Lipinski definition) is 0. The van der Waals surface area contributed by atoms with E-state index >= 15 is 0 Å². The second-order valence-corrected chi connectivity index (χ2v) is 8.27. The van der Waals surface area contributed by atoms with Crippen LogP contribution in [0.15, 0.2) is 60.7 Å². The molecule has 0 unspecified atom stereocenters. The highest BCUT2D eigenvalue weighted by Crippen LogP contribution is 2.34. The molecule has 4 aromatic rings. The van der Waals surface area contributed by atoms with Crippen LogP contribution in [0.5, 0.6) is 0 Å². The predicted molar refractivity (Wildman–Crippen MR) is 132 cm³/mol. The van der Waals surface area contributed by atoms with Gasteiger partial charge >= 0.3 is 0 Å². The second kappa shape index (κ2) is 9.49. The number of rotatable bonds is 9. The van der Waals surface area contributed by atoms with Crippen molar-refractivity contribution in [2.24, 2.45) is 0 Å². The number of hydrogen-bond acceptors (Lipinski definition) is 2. The van der Waals surface area contributed by atoms with Crippen LogP contribution < -0.4 is 4.90 Å². The molecule has 0 radical (unpaired) electrons. The minimum atomic E-state index is 0.644. The van der Waals surface area contributed by atoms with E-state index in [0.29, 0.717) is 6.61 Å². The van der Waals surface area contributed by atoms with Gasteiger partial charge in [0.1, 0.15) is 0 Å². The monoisotopic (exact) mass is 399 g/mol. The summed E-state index contributed by atoms with van der Waals surface area (Å²) >= 11 is 0. The number of ether oxygens (including phenoxy) is 1. The van der Waals surface area contributed by atoms with E-state index in [1.165, 1.54) is 69.3 Å². The van der Waals surface area contributed by atoms with E-state index in [-0.39, 0.29) is 0 Å². The van der Waals surface area contributed by atoms with Crippen LogP contribution in [0.1, 0.15) is 45.1 Å². The van der Waals surface area contributed by atoms with Crippen molar-refractivity contribution in [3.05, 3.63) is 66.2 Å². The lowest BCUT2D eigenvalue weighted by molar-refractivity contribution is 0.186. The minimum absolute atomic E-state index is 0.644. The Morgan fingerprint density at radius 2 is 1.33 bits per heavy atom. The number of nitrogens with zero attached hydrogens (tertiary/aromatic N) is 1. The quantitative estimate of drug-likeness (QED) is 0.267. The van der Waals surface area contributed by atoms with Gasteiger partial charge in [-0.3, -0.25) is 0 Å². The smallest absolute Gasteiger partial charge is 0.0719 e. The molecular weight excluding hydrogens is 366 g/mol. The summed E-state index contributed by atoms with van der Waals surface area (Å²) in [4.78, 5) is 2.56. The minimum Gasteiger partial charge on any atom is -0.380 e. The molecule has 0 aromatic heterocycles. The predicted octanol–water partition coefficient (Wildman–Crippen LogP) is 7.70. The van der Waals surface area contributed by atoms with Crippen molar-refractivity contribution < 1.29 is 4.74 Å². The van der Waals surface area contributed by atoms with Gasteiger partial charge in [-0.05, 0) is 62.9 Å². The summed E-state index contributed by atoms with van der Waals surface area (Å²) in [5.41, 5.74) is 2.60. The molecule has 30 heavy (non-hydrogen) atoms. The SMILES string of the molecule is CCCCN(CCCC)c1ccc2c(ccc3c4cccc(COC)c4ccc23)c1. The third-order valence-corrected chi connectivity index (χ3v) is 6.18. The fraction of sp³-hybridized carbons (Fsp3) is 0.357. The van der Waals surface area contributed by atoms with Gasteiger partial charge in [-0.15, -0.1) is 0 Å². The molecule has 0 saturated carbocycles. The van der Waals surface area contributed by atoms with Gasteiger partial charge in [0.05, 0.1) is 6.61 Å². The Balaban J connectivity index is 1.80. The van der Waals surface area contributed by atoms with Gasteiger partial charge in [0.15, 0.2) is 0 Å². The van der Waals surface area contributed by atoms with Crippen molar-refractivity contribution in [3.63, 3.8) is 0 Å². The number of methoxy groups -OCH3 is 1. The summed E-state index contributed by atoms with van der Waals surface area (Å²) in [5, 5.41) is 7.90. The molecule has 0 amide bonds. The Morgan fingerprint density at radius 3 is 2.07 bits per heavy atom. The highest BCUT2D eigenvalue weighted by molar-refractivity contribution is 6.17. The van der Waals surface area contributed by atoms with E-state index in [1.807, 2.05) is 0 Å². The maximum absolute atomic E-state index is 5.41.